The summed E-state index contributed by atoms with van der Waals surface area (Å²) in [5, 5.41) is 4.91. The van der Waals surface area contributed by atoms with Gasteiger partial charge in [-0.15, -0.1) is 0 Å². The predicted octanol–water partition coefficient (Wildman–Crippen LogP) is 8.65. The van der Waals surface area contributed by atoms with Crippen LogP contribution in [0.15, 0.2) is 59.1 Å². The summed E-state index contributed by atoms with van der Waals surface area (Å²) in [5.74, 6) is -0.297. The molecule has 1 unspecified atom stereocenters. The van der Waals surface area contributed by atoms with Crippen LogP contribution in [0.3, 0.4) is 0 Å². The van der Waals surface area contributed by atoms with Crippen molar-refractivity contribution in [3.05, 3.63) is 98.4 Å². The van der Waals surface area contributed by atoms with Crippen LogP contribution in [-0.4, -0.2) is 23.2 Å². The number of hydrogen-bond donors (Lipinski definition) is 0. The molecule has 1 saturated carbocycles. The van der Waals surface area contributed by atoms with E-state index in [4.69, 9.17) is 37.2 Å². The van der Waals surface area contributed by atoms with Crippen molar-refractivity contribution in [1.82, 2.24) is 10.1 Å². The van der Waals surface area contributed by atoms with Gasteiger partial charge in [-0.05, 0) is 60.6 Å². The van der Waals surface area contributed by atoms with Crippen molar-refractivity contribution in [2.24, 2.45) is 0 Å². The van der Waals surface area contributed by atoms with Gasteiger partial charge < -0.3 is 14.0 Å². The molecule has 1 aliphatic rings. The van der Waals surface area contributed by atoms with Gasteiger partial charge in [0.1, 0.15) is 18.1 Å². The minimum atomic E-state index is -4.71. The maximum atomic E-state index is 14.1. The van der Waals surface area contributed by atoms with E-state index in [9.17, 15) is 18.0 Å². The Balaban J connectivity index is 1.41. The molecule has 4 aromatic rings. The highest BCUT2D eigenvalue weighted by molar-refractivity contribution is 6.39. The van der Waals surface area contributed by atoms with Gasteiger partial charge in [-0.1, -0.05) is 59.5 Å². The molecule has 1 aliphatic carbocycles. The molecule has 1 atom stereocenters. The fourth-order valence-corrected chi connectivity index (χ4v) is 5.27. The second-order valence-electron chi connectivity index (χ2n) is 9.91. The summed E-state index contributed by atoms with van der Waals surface area (Å²) in [4.78, 5) is 15.7. The number of nitrogens with zero attached hydrogens (tertiary/aromatic N) is 2. The number of rotatable bonds is 9. The highest BCUT2D eigenvalue weighted by Gasteiger charge is 2.37. The van der Waals surface area contributed by atoms with Crippen molar-refractivity contribution in [2.45, 2.75) is 50.8 Å². The first kappa shape index (κ1) is 29.0. The largest absolute Gasteiger partial charge is 0.473 e. The van der Waals surface area contributed by atoms with Gasteiger partial charge in [0.25, 0.3) is 0 Å². The molecule has 11 heteroatoms. The molecule has 2 aromatic heterocycles. The molecule has 0 aliphatic heterocycles. The number of pyridine rings is 1. The van der Waals surface area contributed by atoms with E-state index in [0.29, 0.717) is 43.8 Å². The zero-order chi connectivity index (χ0) is 29.3. The Morgan fingerprint density at radius 1 is 1.10 bits per heavy atom. The molecule has 0 bridgehead atoms. The van der Waals surface area contributed by atoms with Crippen molar-refractivity contribution < 1.29 is 32.0 Å². The van der Waals surface area contributed by atoms with Crippen LogP contribution >= 0.6 is 23.2 Å². The van der Waals surface area contributed by atoms with Gasteiger partial charge in [-0.2, -0.15) is 13.2 Å². The first-order valence-corrected chi connectivity index (χ1v) is 13.6. The van der Waals surface area contributed by atoms with E-state index in [2.05, 4.69) is 10.1 Å². The van der Waals surface area contributed by atoms with Gasteiger partial charge in [0, 0.05) is 17.5 Å². The monoisotopic (exact) mass is 604 g/mol. The van der Waals surface area contributed by atoms with Crippen molar-refractivity contribution in [1.29, 1.82) is 0 Å². The highest BCUT2D eigenvalue weighted by Crippen LogP contribution is 2.46. The molecule has 0 N–H and O–H groups in total. The predicted molar refractivity (Wildman–Crippen MR) is 147 cm³/mol. The van der Waals surface area contributed by atoms with Crippen molar-refractivity contribution >= 4 is 29.2 Å². The Morgan fingerprint density at radius 2 is 1.80 bits per heavy atom. The zero-order valence-corrected chi connectivity index (χ0v) is 23.6. The average Bonchev–Trinajstić information content (AvgIpc) is 3.71. The van der Waals surface area contributed by atoms with E-state index in [1.807, 2.05) is 0 Å². The normalized spacial score (nSPS) is 14.1. The smallest absolute Gasteiger partial charge is 0.433 e. The number of esters is 1. The molecule has 0 radical (unpaired) electrons. The zero-order valence-electron chi connectivity index (χ0n) is 22.1. The third-order valence-electron chi connectivity index (χ3n) is 6.96. The molecule has 214 valence electrons. The standard InChI is InChI=1S/C30H25Cl2F3N2O4/c1-16(18-5-3-6-20(14-18)29(38)39-2)13-19-11-12-24(36-28(19)30(33,34)35)40-15-21-26(37-41-27(21)17-9-10-17)25-22(31)7-4-8-23(25)32/h3-8,11-12,14,16-17H,9-10,13,15H2,1-2H3. The van der Waals surface area contributed by atoms with Crippen molar-refractivity contribution in [3.63, 3.8) is 0 Å². The number of ether oxygens (including phenoxy) is 2. The van der Waals surface area contributed by atoms with Gasteiger partial charge in [0.2, 0.25) is 5.88 Å². The van der Waals surface area contributed by atoms with Crippen LogP contribution in [0, 0.1) is 0 Å². The molecule has 1 fully saturated rings. The van der Waals surface area contributed by atoms with Crippen molar-refractivity contribution in [2.75, 3.05) is 7.11 Å². The summed E-state index contributed by atoms with van der Waals surface area (Å²) >= 11 is 12.8. The van der Waals surface area contributed by atoms with Crippen molar-refractivity contribution in [3.8, 4) is 17.1 Å². The lowest BCUT2D eigenvalue weighted by Crippen LogP contribution is -2.15. The molecule has 6 nitrogen and oxygen atoms in total. The second kappa shape index (κ2) is 11.7. The first-order valence-electron chi connectivity index (χ1n) is 12.9. The number of hydrogen-bond acceptors (Lipinski definition) is 6. The summed E-state index contributed by atoms with van der Waals surface area (Å²) < 4.78 is 58.5. The van der Waals surface area contributed by atoms with Crippen LogP contribution in [-0.2, 0) is 23.9 Å². The lowest BCUT2D eigenvalue weighted by atomic mass is 9.92. The summed E-state index contributed by atoms with van der Waals surface area (Å²) in [6.07, 6.45) is -2.86. The van der Waals surface area contributed by atoms with E-state index in [0.717, 1.165) is 12.8 Å². The fraction of sp³-hybridized carbons (Fsp3) is 0.300. The molecule has 41 heavy (non-hydrogen) atoms. The van der Waals surface area contributed by atoms with Crippen LogP contribution in [0.25, 0.3) is 11.3 Å². The van der Waals surface area contributed by atoms with Gasteiger partial charge >= 0.3 is 12.1 Å². The molecule has 2 aromatic carbocycles. The number of aromatic nitrogens is 2. The van der Waals surface area contributed by atoms with Gasteiger partial charge in [0.05, 0.1) is 28.3 Å². The van der Waals surface area contributed by atoms with E-state index < -0.39 is 17.8 Å². The lowest BCUT2D eigenvalue weighted by molar-refractivity contribution is -0.142. The Morgan fingerprint density at radius 3 is 2.46 bits per heavy atom. The second-order valence-corrected chi connectivity index (χ2v) is 10.7. The van der Waals surface area contributed by atoms with E-state index in [1.54, 1.807) is 49.4 Å². The minimum absolute atomic E-state index is 0.00741. The molecular weight excluding hydrogens is 580 g/mol. The van der Waals surface area contributed by atoms with Crippen LogP contribution in [0.2, 0.25) is 10.0 Å². The number of alkyl halides is 3. The van der Waals surface area contributed by atoms with Gasteiger partial charge in [-0.25, -0.2) is 9.78 Å². The summed E-state index contributed by atoms with van der Waals surface area (Å²) in [6, 6.07) is 14.5. The van der Waals surface area contributed by atoms with Crippen LogP contribution in [0.5, 0.6) is 5.88 Å². The minimum Gasteiger partial charge on any atom is -0.473 e. The Kier molecular flexibility index (Phi) is 8.29. The maximum Gasteiger partial charge on any atom is 0.433 e. The van der Waals surface area contributed by atoms with E-state index in [-0.39, 0.29) is 36.3 Å². The molecule has 2 heterocycles. The van der Waals surface area contributed by atoms with Crippen LogP contribution < -0.4 is 4.74 Å². The number of halogens is 5. The Labute approximate surface area is 244 Å². The quantitative estimate of drug-likeness (QED) is 0.178. The third kappa shape index (κ3) is 6.36. The topological polar surface area (TPSA) is 74.5 Å². The van der Waals surface area contributed by atoms with E-state index >= 15 is 0 Å². The Bertz CT molecular complexity index is 1560. The number of methoxy groups -OCH3 is 1. The highest BCUT2D eigenvalue weighted by atomic mass is 35.5. The molecular formula is C30H25Cl2F3N2O4. The molecule has 5 rings (SSSR count). The lowest BCUT2D eigenvalue weighted by Gasteiger charge is -2.18. The molecule has 0 saturated heterocycles. The summed E-state index contributed by atoms with van der Waals surface area (Å²) in [5.41, 5.74) is 1.42. The average molecular weight is 605 g/mol. The number of benzene rings is 2. The Hall–Kier alpha value is -3.56. The first-order chi connectivity index (χ1) is 19.6. The van der Waals surface area contributed by atoms with E-state index in [1.165, 1.54) is 19.2 Å². The number of carbonyl (C=O) groups is 1. The third-order valence-corrected chi connectivity index (χ3v) is 7.59. The fourth-order valence-electron chi connectivity index (χ4n) is 4.69. The summed E-state index contributed by atoms with van der Waals surface area (Å²) in [6.45, 7) is 1.65. The SMILES string of the molecule is COC(=O)c1cccc(C(C)Cc2ccc(OCc3c(-c4c(Cl)cccc4Cl)noc3C3CC3)nc2C(F)(F)F)c1. The molecule has 0 spiro atoms. The molecule has 0 amide bonds. The summed E-state index contributed by atoms with van der Waals surface area (Å²) in [7, 11) is 1.27. The van der Waals surface area contributed by atoms with Crippen LogP contribution in [0.4, 0.5) is 13.2 Å². The van der Waals surface area contributed by atoms with Crippen LogP contribution in [0.1, 0.15) is 70.1 Å². The number of carbonyl (C=O) groups excluding carboxylic acids is 1. The maximum absolute atomic E-state index is 14.1. The van der Waals surface area contributed by atoms with Gasteiger partial charge in [-0.3, -0.25) is 0 Å². The van der Waals surface area contributed by atoms with Gasteiger partial charge in [0.15, 0.2) is 5.69 Å².